The molecule has 0 spiro atoms. The van der Waals surface area contributed by atoms with E-state index in [1.807, 2.05) is 0 Å². The molecule has 0 radical (unpaired) electrons. The number of sulfonamides is 1. The molecule has 1 N–H and O–H groups in total. The molecule has 0 aromatic carbocycles. The summed E-state index contributed by atoms with van der Waals surface area (Å²) in [6.07, 6.45) is 2.47. The molecule has 0 fully saturated rings. The fraction of sp³-hybridized carbons (Fsp3) is 0.143. The Kier molecular flexibility index (Phi) is 1.59. The van der Waals surface area contributed by atoms with Crippen LogP contribution in [0, 0.1) is 6.92 Å². The maximum absolute atomic E-state index is 11.3. The molecule has 5 nitrogen and oxygen atoms in total. The lowest BCUT2D eigenvalue weighted by atomic mass is 10.3. The van der Waals surface area contributed by atoms with E-state index in [4.69, 9.17) is 0 Å². The van der Waals surface area contributed by atoms with E-state index in [0.29, 0.717) is 5.69 Å². The minimum Gasteiger partial charge on any atom is -0.344 e. The number of aryl methyl sites for hydroxylation is 1. The third kappa shape index (κ3) is 1.29. The number of fused-ring (bicyclic) bond motifs is 1. The largest absolute Gasteiger partial charge is 0.344 e. The average molecular weight is 197 g/mol. The second-order valence-electron chi connectivity index (χ2n) is 2.68. The van der Waals surface area contributed by atoms with Crippen molar-refractivity contribution in [2.75, 3.05) is 5.32 Å². The molecule has 1 aromatic heterocycles. The predicted octanol–water partition coefficient (Wildman–Crippen LogP) is 0.533. The third-order valence-corrected chi connectivity index (χ3v) is 2.96. The summed E-state index contributed by atoms with van der Waals surface area (Å²) in [7, 11) is -3.51. The molecule has 13 heavy (non-hydrogen) atoms. The first kappa shape index (κ1) is 8.18. The van der Waals surface area contributed by atoms with Gasteiger partial charge in [0, 0.05) is 11.9 Å². The highest BCUT2D eigenvalue weighted by atomic mass is 32.2. The Hall–Kier alpha value is -1.43. The molecule has 6 heteroatoms. The first-order chi connectivity index (χ1) is 6.09. The zero-order valence-corrected chi connectivity index (χ0v) is 7.67. The highest BCUT2D eigenvalue weighted by Crippen LogP contribution is 2.24. The van der Waals surface area contributed by atoms with Crippen LogP contribution in [0.2, 0.25) is 0 Å². The summed E-state index contributed by atoms with van der Waals surface area (Å²) in [6.45, 7) is 1.79. The normalized spacial score (nSPS) is 17.6. The summed E-state index contributed by atoms with van der Waals surface area (Å²) < 4.78 is 25.9. The second kappa shape index (κ2) is 2.53. The van der Waals surface area contributed by atoms with Crippen LogP contribution in [0.5, 0.6) is 0 Å². The van der Waals surface area contributed by atoms with Gasteiger partial charge in [-0.3, -0.25) is 4.98 Å². The second-order valence-corrected chi connectivity index (χ2v) is 4.28. The number of hydrogen-bond donors (Lipinski definition) is 1. The number of rotatable bonds is 0. The Balaban J connectivity index is 2.72. The van der Waals surface area contributed by atoms with Crippen LogP contribution < -0.4 is 5.32 Å². The molecule has 2 rings (SSSR count). The van der Waals surface area contributed by atoms with Gasteiger partial charge in [0.2, 0.25) is 0 Å². The summed E-state index contributed by atoms with van der Waals surface area (Å²) in [4.78, 5) is 4.02. The van der Waals surface area contributed by atoms with Gasteiger partial charge in [0.05, 0.1) is 5.69 Å². The van der Waals surface area contributed by atoms with Crippen LogP contribution in [-0.4, -0.2) is 19.7 Å². The molecule has 1 aliphatic heterocycles. The summed E-state index contributed by atoms with van der Waals surface area (Å²) in [5.74, 6) is 0. The van der Waals surface area contributed by atoms with Crippen LogP contribution in [-0.2, 0) is 10.0 Å². The van der Waals surface area contributed by atoms with Crippen molar-refractivity contribution in [2.24, 2.45) is 4.40 Å². The monoisotopic (exact) mass is 197 g/mol. The van der Waals surface area contributed by atoms with E-state index < -0.39 is 10.0 Å². The van der Waals surface area contributed by atoms with E-state index >= 15 is 0 Å². The molecule has 0 aliphatic carbocycles. The molecule has 1 aromatic rings. The Morgan fingerprint density at radius 1 is 1.46 bits per heavy atom. The SMILES string of the molecule is Cc1cc2c(cn1)S(=O)(=O)N=CN2. The predicted molar refractivity (Wildman–Crippen MR) is 48.3 cm³/mol. The summed E-state index contributed by atoms with van der Waals surface area (Å²) in [5, 5.41) is 2.75. The standard InChI is InChI=1S/C7H7N3O2S/c1-5-2-6-7(3-8-5)13(11,12)10-4-9-6/h2-4H,1H3,(H,9,10). The van der Waals surface area contributed by atoms with Crippen LogP contribution in [0.4, 0.5) is 5.69 Å². The molecule has 68 valence electrons. The number of anilines is 1. The van der Waals surface area contributed by atoms with E-state index in [9.17, 15) is 8.42 Å². The molecule has 0 saturated heterocycles. The number of hydrogen-bond acceptors (Lipinski definition) is 4. The molecule has 0 saturated carbocycles. The van der Waals surface area contributed by atoms with E-state index in [0.717, 1.165) is 12.0 Å². The maximum Gasteiger partial charge on any atom is 0.287 e. The van der Waals surface area contributed by atoms with Gasteiger partial charge in [0.1, 0.15) is 11.2 Å². The fourth-order valence-corrected chi connectivity index (χ4v) is 1.97. The van der Waals surface area contributed by atoms with E-state index in [1.165, 1.54) is 6.20 Å². The van der Waals surface area contributed by atoms with Crippen molar-refractivity contribution in [1.82, 2.24) is 4.98 Å². The number of aromatic nitrogens is 1. The quantitative estimate of drug-likeness (QED) is 0.658. The summed E-state index contributed by atoms with van der Waals surface area (Å²) in [5.41, 5.74) is 1.29. The molecule has 2 heterocycles. The van der Waals surface area contributed by atoms with E-state index in [2.05, 4.69) is 14.7 Å². The fourth-order valence-electron chi connectivity index (χ4n) is 1.09. The van der Waals surface area contributed by atoms with Gasteiger partial charge in [-0.15, -0.1) is 4.40 Å². The van der Waals surface area contributed by atoms with E-state index in [-0.39, 0.29) is 4.90 Å². The van der Waals surface area contributed by atoms with Gasteiger partial charge in [0.25, 0.3) is 10.0 Å². The first-order valence-electron chi connectivity index (χ1n) is 3.61. The van der Waals surface area contributed by atoms with Crippen LogP contribution >= 0.6 is 0 Å². The minimum atomic E-state index is -3.51. The van der Waals surface area contributed by atoms with E-state index in [1.54, 1.807) is 13.0 Å². The van der Waals surface area contributed by atoms with Crippen LogP contribution in [0.25, 0.3) is 0 Å². The molecular formula is C7H7N3O2S. The van der Waals surface area contributed by atoms with Crippen molar-refractivity contribution < 1.29 is 8.42 Å². The maximum atomic E-state index is 11.3. The van der Waals surface area contributed by atoms with Gasteiger partial charge < -0.3 is 5.32 Å². The lowest BCUT2D eigenvalue weighted by Gasteiger charge is -2.11. The summed E-state index contributed by atoms with van der Waals surface area (Å²) >= 11 is 0. The van der Waals surface area contributed by atoms with Crippen molar-refractivity contribution in [2.45, 2.75) is 11.8 Å². The van der Waals surface area contributed by atoms with Crippen LogP contribution in [0.1, 0.15) is 5.69 Å². The highest BCUT2D eigenvalue weighted by molar-refractivity contribution is 7.90. The smallest absolute Gasteiger partial charge is 0.287 e. The Morgan fingerprint density at radius 3 is 3.00 bits per heavy atom. The molecule has 0 atom stereocenters. The topological polar surface area (TPSA) is 71.4 Å². The van der Waals surface area contributed by atoms with Crippen molar-refractivity contribution in [3.63, 3.8) is 0 Å². The number of pyridine rings is 1. The van der Waals surface area contributed by atoms with Crippen molar-refractivity contribution >= 4 is 22.0 Å². The third-order valence-electron chi connectivity index (χ3n) is 1.69. The van der Waals surface area contributed by atoms with Gasteiger partial charge in [0.15, 0.2) is 0 Å². The van der Waals surface area contributed by atoms with Gasteiger partial charge in [-0.1, -0.05) is 0 Å². The zero-order chi connectivity index (χ0) is 9.47. The lowest BCUT2D eigenvalue weighted by molar-refractivity contribution is 0.597. The molecule has 0 bridgehead atoms. The molecule has 0 amide bonds. The Morgan fingerprint density at radius 2 is 2.23 bits per heavy atom. The highest BCUT2D eigenvalue weighted by Gasteiger charge is 2.20. The lowest BCUT2D eigenvalue weighted by Crippen LogP contribution is -2.12. The molecule has 0 unspecified atom stereocenters. The van der Waals surface area contributed by atoms with Gasteiger partial charge in [-0.25, -0.2) is 0 Å². The van der Waals surface area contributed by atoms with Gasteiger partial charge >= 0.3 is 0 Å². The summed E-state index contributed by atoms with van der Waals surface area (Å²) in [6, 6.07) is 1.66. The van der Waals surface area contributed by atoms with Crippen LogP contribution in [0.15, 0.2) is 21.6 Å². The van der Waals surface area contributed by atoms with Gasteiger partial charge in [-0.05, 0) is 13.0 Å². The van der Waals surface area contributed by atoms with Crippen molar-refractivity contribution in [3.05, 3.63) is 18.0 Å². The van der Waals surface area contributed by atoms with Crippen molar-refractivity contribution in [3.8, 4) is 0 Å². The van der Waals surface area contributed by atoms with Gasteiger partial charge in [-0.2, -0.15) is 8.42 Å². The average Bonchev–Trinajstić information content (AvgIpc) is 2.02. The molecular weight excluding hydrogens is 190 g/mol. The first-order valence-corrected chi connectivity index (χ1v) is 5.05. The Bertz CT molecular complexity index is 479. The number of nitrogens with zero attached hydrogens (tertiary/aromatic N) is 2. The Labute approximate surface area is 75.6 Å². The minimum absolute atomic E-state index is 0.126. The van der Waals surface area contributed by atoms with Crippen LogP contribution in [0.3, 0.4) is 0 Å². The van der Waals surface area contributed by atoms with Crippen molar-refractivity contribution in [1.29, 1.82) is 0 Å². The molecule has 1 aliphatic rings. The zero-order valence-electron chi connectivity index (χ0n) is 6.85. The number of nitrogens with one attached hydrogen (secondary N) is 1.